The van der Waals surface area contributed by atoms with Crippen molar-refractivity contribution in [3.8, 4) is 0 Å². The lowest BCUT2D eigenvalue weighted by Gasteiger charge is -2.26. The van der Waals surface area contributed by atoms with Gasteiger partial charge in [-0.1, -0.05) is 47.5 Å². The third kappa shape index (κ3) is 3.87. The minimum atomic E-state index is -0.873. The highest BCUT2D eigenvalue weighted by Gasteiger charge is 2.34. The third-order valence-electron chi connectivity index (χ3n) is 4.45. The molecule has 1 amide bonds. The van der Waals surface area contributed by atoms with Crippen LogP contribution in [0.2, 0.25) is 10.0 Å². The first-order valence-corrected chi connectivity index (χ1v) is 9.17. The first kappa shape index (κ1) is 18.7. The van der Waals surface area contributed by atoms with E-state index >= 15 is 0 Å². The summed E-state index contributed by atoms with van der Waals surface area (Å²) >= 11 is 11.9. The zero-order valence-electron chi connectivity index (χ0n) is 14.5. The summed E-state index contributed by atoms with van der Waals surface area (Å²) in [5.41, 5.74) is 2.62. The van der Waals surface area contributed by atoms with Crippen LogP contribution in [-0.2, 0) is 27.2 Å². The Morgan fingerprint density at radius 3 is 2.69 bits per heavy atom. The maximum absolute atomic E-state index is 12.8. The number of ether oxygens (including phenoxy) is 1. The smallest absolute Gasteiger partial charge is 0.311 e. The Morgan fingerprint density at radius 1 is 1.23 bits per heavy atom. The number of hydrogen-bond acceptors (Lipinski definition) is 3. The number of para-hydroxylation sites is 1. The Labute approximate surface area is 162 Å². The van der Waals surface area contributed by atoms with Gasteiger partial charge in [0, 0.05) is 21.8 Å². The highest BCUT2D eigenvalue weighted by atomic mass is 35.5. The number of nitrogens with zero attached hydrogens (tertiary/aromatic N) is 1. The fourth-order valence-electron chi connectivity index (χ4n) is 3.21. The van der Waals surface area contributed by atoms with Crippen LogP contribution in [0.4, 0.5) is 5.69 Å². The predicted molar refractivity (Wildman–Crippen MR) is 103 cm³/mol. The van der Waals surface area contributed by atoms with Crippen molar-refractivity contribution in [1.29, 1.82) is 0 Å². The number of esters is 1. The quantitative estimate of drug-likeness (QED) is 0.723. The van der Waals surface area contributed by atoms with Gasteiger partial charge in [-0.05, 0) is 49.6 Å². The van der Waals surface area contributed by atoms with E-state index < -0.39 is 12.1 Å². The Kier molecular flexibility index (Phi) is 5.54. The Bertz CT molecular complexity index is 853. The zero-order valence-corrected chi connectivity index (χ0v) is 16.1. The minimum Gasteiger partial charge on any atom is -0.452 e. The predicted octanol–water partition coefficient (Wildman–Crippen LogP) is 4.45. The van der Waals surface area contributed by atoms with Crippen LogP contribution in [0.5, 0.6) is 0 Å². The van der Waals surface area contributed by atoms with Gasteiger partial charge in [-0.3, -0.25) is 9.59 Å². The number of halogens is 2. The molecule has 2 aromatic rings. The number of fused-ring (bicyclic) bond motifs is 1. The molecule has 0 radical (unpaired) electrons. The molecule has 0 aromatic heterocycles. The van der Waals surface area contributed by atoms with Gasteiger partial charge in [0.15, 0.2) is 6.10 Å². The molecule has 136 valence electrons. The molecule has 0 saturated heterocycles. The van der Waals surface area contributed by atoms with Crippen molar-refractivity contribution >= 4 is 40.8 Å². The van der Waals surface area contributed by atoms with Gasteiger partial charge in [-0.25, -0.2) is 0 Å². The van der Waals surface area contributed by atoms with Crippen molar-refractivity contribution in [2.45, 2.75) is 38.8 Å². The molecule has 0 aliphatic carbocycles. The first-order chi connectivity index (χ1) is 12.4. The Morgan fingerprint density at radius 2 is 1.96 bits per heavy atom. The van der Waals surface area contributed by atoms with Crippen molar-refractivity contribution in [2.75, 3.05) is 4.90 Å². The van der Waals surface area contributed by atoms with Gasteiger partial charge in [-0.2, -0.15) is 0 Å². The largest absolute Gasteiger partial charge is 0.452 e. The van der Waals surface area contributed by atoms with Crippen LogP contribution in [0, 0.1) is 0 Å². The summed E-state index contributed by atoms with van der Waals surface area (Å²) in [6.07, 6.45) is -0.0925. The lowest BCUT2D eigenvalue weighted by molar-refractivity contribution is -0.153. The molecule has 6 heteroatoms. The van der Waals surface area contributed by atoms with Gasteiger partial charge in [-0.15, -0.1) is 0 Å². The molecule has 1 aliphatic rings. The van der Waals surface area contributed by atoms with Crippen LogP contribution in [0.3, 0.4) is 0 Å². The van der Waals surface area contributed by atoms with E-state index in [9.17, 15) is 9.59 Å². The van der Waals surface area contributed by atoms with E-state index in [1.807, 2.05) is 31.2 Å². The number of carbonyl (C=O) groups is 2. The highest BCUT2D eigenvalue weighted by molar-refractivity contribution is 6.35. The fourth-order valence-corrected chi connectivity index (χ4v) is 3.68. The van der Waals surface area contributed by atoms with Gasteiger partial charge >= 0.3 is 5.97 Å². The van der Waals surface area contributed by atoms with Crippen LogP contribution in [0.1, 0.15) is 25.0 Å². The number of carbonyl (C=O) groups excluding carboxylic acids is 2. The summed E-state index contributed by atoms with van der Waals surface area (Å²) in [5, 5.41) is 0.896. The Balaban J connectivity index is 1.67. The second-order valence-electron chi connectivity index (χ2n) is 6.43. The molecule has 1 heterocycles. The van der Waals surface area contributed by atoms with Crippen molar-refractivity contribution in [2.24, 2.45) is 0 Å². The van der Waals surface area contributed by atoms with E-state index in [-0.39, 0.29) is 18.4 Å². The number of hydrogen-bond donors (Lipinski definition) is 0. The summed E-state index contributed by atoms with van der Waals surface area (Å²) in [6.45, 7) is 3.58. The summed E-state index contributed by atoms with van der Waals surface area (Å²) in [5.74, 6) is -0.729. The van der Waals surface area contributed by atoms with E-state index in [4.69, 9.17) is 27.9 Å². The third-order valence-corrected chi connectivity index (χ3v) is 5.04. The zero-order chi connectivity index (χ0) is 18.8. The number of amides is 1. The molecule has 1 aliphatic heterocycles. The molecular formula is C20H19Cl2NO3. The van der Waals surface area contributed by atoms with E-state index in [0.29, 0.717) is 15.6 Å². The molecule has 2 aromatic carbocycles. The van der Waals surface area contributed by atoms with E-state index in [0.717, 1.165) is 17.7 Å². The topological polar surface area (TPSA) is 46.6 Å². The lowest BCUT2D eigenvalue weighted by atomic mass is 10.1. The summed E-state index contributed by atoms with van der Waals surface area (Å²) in [4.78, 5) is 26.8. The van der Waals surface area contributed by atoms with Crippen LogP contribution < -0.4 is 4.90 Å². The number of benzene rings is 2. The average Bonchev–Trinajstić information content (AvgIpc) is 2.92. The SMILES string of the molecule is C[C@@H]1Cc2ccccc2N1C(=O)[C@@H](C)OC(=O)Cc1ccc(Cl)cc1Cl. The molecule has 4 nitrogen and oxygen atoms in total. The van der Waals surface area contributed by atoms with Crippen molar-refractivity contribution in [3.63, 3.8) is 0 Å². The van der Waals surface area contributed by atoms with Gasteiger partial charge in [0.05, 0.1) is 6.42 Å². The molecule has 0 fully saturated rings. The van der Waals surface area contributed by atoms with Crippen molar-refractivity contribution in [1.82, 2.24) is 0 Å². The second kappa shape index (κ2) is 7.68. The maximum atomic E-state index is 12.8. The van der Waals surface area contributed by atoms with E-state index in [1.165, 1.54) is 0 Å². The van der Waals surface area contributed by atoms with Crippen molar-refractivity contribution in [3.05, 3.63) is 63.6 Å². The molecule has 26 heavy (non-hydrogen) atoms. The standard InChI is InChI=1S/C20H19Cl2NO3/c1-12-9-15-5-3-4-6-18(15)23(12)20(25)13(2)26-19(24)10-14-7-8-16(21)11-17(14)22/h3-8,11-13H,9-10H2,1-2H3/t12-,13-/m1/s1. The van der Waals surface area contributed by atoms with Crippen LogP contribution in [-0.4, -0.2) is 24.0 Å². The van der Waals surface area contributed by atoms with Gasteiger partial charge < -0.3 is 9.64 Å². The second-order valence-corrected chi connectivity index (χ2v) is 7.28. The molecule has 0 bridgehead atoms. The average molecular weight is 392 g/mol. The maximum Gasteiger partial charge on any atom is 0.311 e. The molecule has 0 saturated carbocycles. The molecule has 0 spiro atoms. The number of rotatable bonds is 4. The van der Waals surface area contributed by atoms with E-state index in [1.54, 1.807) is 30.0 Å². The number of anilines is 1. The fraction of sp³-hybridized carbons (Fsp3) is 0.300. The first-order valence-electron chi connectivity index (χ1n) is 8.41. The highest BCUT2D eigenvalue weighted by Crippen LogP contribution is 2.32. The monoisotopic (exact) mass is 391 g/mol. The minimum absolute atomic E-state index is 0.0141. The molecule has 0 unspecified atom stereocenters. The molecule has 0 N–H and O–H groups in total. The van der Waals surface area contributed by atoms with Crippen LogP contribution in [0.25, 0.3) is 0 Å². The van der Waals surface area contributed by atoms with Gasteiger partial charge in [0.1, 0.15) is 0 Å². The molecular weight excluding hydrogens is 373 g/mol. The molecule has 2 atom stereocenters. The summed E-state index contributed by atoms with van der Waals surface area (Å²) < 4.78 is 5.36. The lowest BCUT2D eigenvalue weighted by Crippen LogP contribution is -2.43. The van der Waals surface area contributed by atoms with Crippen LogP contribution >= 0.6 is 23.2 Å². The van der Waals surface area contributed by atoms with Gasteiger partial charge in [0.25, 0.3) is 5.91 Å². The van der Waals surface area contributed by atoms with Crippen molar-refractivity contribution < 1.29 is 14.3 Å². The van der Waals surface area contributed by atoms with Crippen LogP contribution in [0.15, 0.2) is 42.5 Å². The van der Waals surface area contributed by atoms with Gasteiger partial charge in [0.2, 0.25) is 0 Å². The normalized spacial score (nSPS) is 16.9. The Hall–Kier alpha value is -2.04. The molecule has 3 rings (SSSR count). The summed E-state index contributed by atoms with van der Waals surface area (Å²) in [6, 6.07) is 12.7. The summed E-state index contributed by atoms with van der Waals surface area (Å²) in [7, 11) is 0. The van der Waals surface area contributed by atoms with E-state index in [2.05, 4.69) is 0 Å².